The van der Waals surface area contributed by atoms with Crippen LogP contribution in [0.15, 0.2) is 29.3 Å². The van der Waals surface area contributed by atoms with Gasteiger partial charge in [-0.2, -0.15) is 0 Å². The van der Waals surface area contributed by atoms with Crippen LogP contribution in [0.25, 0.3) is 0 Å². The summed E-state index contributed by atoms with van der Waals surface area (Å²) < 4.78 is 27.0. The average molecular weight is 379 g/mol. The minimum atomic E-state index is -3.33. The van der Waals surface area contributed by atoms with Gasteiger partial charge in [-0.15, -0.1) is 0 Å². The smallest absolute Gasteiger partial charge is 0.236 e. The highest BCUT2D eigenvalue weighted by Crippen LogP contribution is 2.43. The van der Waals surface area contributed by atoms with Crippen LogP contribution in [0, 0.1) is 5.41 Å². The molecule has 1 aromatic rings. The van der Waals surface area contributed by atoms with E-state index in [1.165, 1.54) is 25.7 Å². The molecule has 0 radical (unpaired) electrons. The first-order chi connectivity index (χ1) is 12.5. The van der Waals surface area contributed by atoms with Gasteiger partial charge in [0.1, 0.15) is 0 Å². The van der Waals surface area contributed by atoms with E-state index < -0.39 is 10.0 Å². The summed E-state index contributed by atoms with van der Waals surface area (Å²) in [5.41, 5.74) is 2.32. The van der Waals surface area contributed by atoms with Gasteiger partial charge in [-0.05, 0) is 42.7 Å². The highest BCUT2D eigenvalue weighted by atomic mass is 32.2. The largest absolute Gasteiger partial charge is 0.356 e. The van der Waals surface area contributed by atoms with Crippen LogP contribution in [0.2, 0.25) is 0 Å². The van der Waals surface area contributed by atoms with Crippen molar-refractivity contribution in [3.63, 3.8) is 0 Å². The zero-order valence-corrected chi connectivity index (χ0v) is 16.6. The molecule has 1 heterocycles. The number of para-hydroxylation sites is 1. The van der Waals surface area contributed by atoms with E-state index in [9.17, 15) is 8.42 Å². The van der Waals surface area contributed by atoms with E-state index in [0.29, 0.717) is 24.5 Å². The van der Waals surface area contributed by atoms with Gasteiger partial charge in [0.05, 0.1) is 11.4 Å². The fourth-order valence-electron chi connectivity index (χ4n) is 3.83. The quantitative estimate of drug-likeness (QED) is 0.563. The van der Waals surface area contributed by atoms with Crippen LogP contribution in [-0.2, 0) is 16.4 Å². The Morgan fingerprint density at radius 2 is 2.04 bits per heavy atom. The Kier molecular flexibility index (Phi) is 5.75. The molecule has 0 aromatic heterocycles. The van der Waals surface area contributed by atoms with Gasteiger partial charge in [0.25, 0.3) is 0 Å². The summed E-state index contributed by atoms with van der Waals surface area (Å²) in [6, 6.07) is 7.73. The maximum Gasteiger partial charge on any atom is 0.236 e. The van der Waals surface area contributed by atoms with Gasteiger partial charge in [0.15, 0.2) is 5.96 Å². The zero-order valence-electron chi connectivity index (χ0n) is 15.8. The van der Waals surface area contributed by atoms with Gasteiger partial charge in [-0.25, -0.2) is 8.42 Å². The maximum absolute atomic E-state index is 12.7. The molecule has 0 bridgehead atoms. The summed E-state index contributed by atoms with van der Waals surface area (Å²) >= 11 is 0. The molecule has 1 aromatic carbocycles. The van der Waals surface area contributed by atoms with Crippen LogP contribution in [0.4, 0.5) is 5.69 Å². The van der Waals surface area contributed by atoms with Crippen molar-refractivity contribution in [1.82, 2.24) is 10.6 Å². The standard InChI is InChI=1S/C19H30N4O2S/c1-3-19(10-6-11-19)15-22-18(20-2)21-12-14-26(24,25)23-13-9-16-7-4-5-8-17(16)23/h4-5,7-8H,3,6,9-15H2,1-2H3,(H2,20,21,22). The highest BCUT2D eigenvalue weighted by Gasteiger charge is 2.35. The average Bonchev–Trinajstić information content (AvgIpc) is 3.04. The van der Waals surface area contributed by atoms with E-state index in [-0.39, 0.29) is 5.75 Å². The summed E-state index contributed by atoms with van der Waals surface area (Å²) in [5.74, 6) is 0.739. The molecule has 1 aliphatic carbocycles. The molecule has 0 amide bonds. The van der Waals surface area contributed by atoms with Gasteiger partial charge in [-0.1, -0.05) is 31.5 Å². The van der Waals surface area contributed by atoms with Crippen molar-refractivity contribution < 1.29 is 8.42 Å². The fourth-order valence-corrected chi connectivity index (χ4v) is 5.26. The molecule has 2 N–H and O–H groups in total. The molecule has 144 valence electrons. The monoisotopic (exact) mass is 378 g/mol. The molecule has 7 heteroatoms. The Morgan fingerprint density at radius 1 is 1.27 bits per heavy atom. The van der Waals surface area contributed by atoms with Gasteiger partial charge < -0.3 is 10.6 Å². The lowest BCUT2D eigenvalue weighted by Gasteiger charge is -2.41. The van der Waals surface area contributed by atoms with Crippen molar-refractivity contribution in [2.45, 2.75) is 39.0 Å². The second-order valence-electron chi connectivity index (χ2n) is 7.33. The molecular formula is C19H30N4O2S. The number of hydrogen-bond donors (Lipinski definition) is 2. The van der Waals surface area contributed by atoms with Crippen LogP contribution in [0.3, 0.4) is 0 Å². The first kappa shape index (κ1) is 19.0. The van der Waals surface area contributed by atoms with Crippen LogP contribution >= 0.6 is 0 Å². The Bertz CT molecular complexity index is 751. The van der Waals surface area contributed by atoms with Gasteiger partial charge in [0.2, 0.25) is 10.0 Å². The molecular weight excluding hydrogens is 348 g/mol. The number of nitrogens with zero attached hydrogens (tertiary/aromatic N) is 2. The number of anilines is 1. The van der Waals surface area contributed by atoms with Crippen LogP contribution < -0.4 is 14.9 Å². The third-order valence-electron chi connectivity index (χ3n) is 5.85. The number of benzene rings is 1. The van der Waals surface area contributed by atoms with Crippen molar-refractivity contribution >= 4 is 21.7 Å². The number of aliphatic imine (C=N–C) groups is 1. The van der Waals surface area contributed by atoms with Gasteiger partial charge in [0, 0.05) is 26.7 Å². The van der Waals surface area contributed by atoms with E-state index in [4.69, 9.17) is 0 Å². The van der Waals surface area contributed by atoms with Crippen molar-refractivity contribution in [3.8, 4) is 0 Å². The van der Waals surface area contributed by atoms with Crippen molar-refractivity contribution in [2.24, 2.45) is 10.4 Å². The minimum absolute atomic E-state index is 0.0565. The van der Waals surface area contributed by atoms with E-state index in [1.54, 1.807) is 11.4 Å². The molecule has 1 aliphatic heterocycles. The lowest BCUT2D eigenvalue weighted by atomic mass is 9.67. The predicted molar refractivity (Wildman–Crippen MR) is 107 cm³/mol. The van der Waals surface area contributed by atoms with Crippen LogP contribution in [0.1, 0.15) is 38.2 Å². The van der Waals surface area contributed by atoms with Crippen LogP contribution in [0.5, 0.6) is 0 Å². The normalized spacial score (nSPS) is 19.0. The summed E-state index contributed by atoms with van der Waals surface area (Å²) in [6.45, 7) is 4.01. The highest BCUT2D eigenvalue weighted by molar-refractivity contribution is 7.92. The lowest BCUT2D eigenvalue weighted by molar-refractivity contribution is 0.131. The third kappa shape index (κ3) is 3.98. The Balaban J connectivity index is 1.50. The topological polar surface area (TPSA) is 73.8 Å². The number of fused-ring (bicyclic) bond motifs is 1. The van der Waals surface area contributed by atoms with E-state index in [1.807, 2.05) is 24.3 Å². The van der Waals surface area contributed by atoms with E-state index in [2.05, 4.69) is 22.5 Å². The SMILES string of the molecule is CCC1(CNC(=NC)NCCS(=O)(=O)N2CCc3ccccc32)CCC1. The fraction of sp³-hybridized carbons (Fsp3) is 0.632. The molecule has 0 atom stereocenters. The predicted octanol–water partition coefficient (Wildman–Crippen LogP) is 2.12. The second kappa shape index (κ2) is 7.86. The molecule has 0 unspecified atom stereocenters. The molecule has 1 fully saturated rings. The zero-order chi connectivity index (χ0) is 18.6. The minimum Gasteiger partial charge on any atom is -0.356 e. The van der Waals surface area contributed by atoms with Crippen molar-refractivity contribution in [3.05, 3.63) is 29.8 Å². The Morgan fingerprint density at radius 3 is 2.69 bits per heavy atom. The van der Waals surface area contributed by atoms with Crippen LogP contribution in [-0.4, -0.2) is 46.8 Å². The molecule has 6 nitrogen and oxygen atoms in total. The summed E-state index contributed by atoms with van der Waals surface area (Å²) in [6.07, 6.45) is 5.77. The third-order valence-corrected chi connectivity index (χ3v) is 7.62. The number of nitrogens with one attached hydrogen (secondary N) is 2. The summed E-state index contributed by atoms with van der Waals surface area (Å²) in [7, 11) is -1.61. The molecule has 1 saturated carbocycles. The summed E-state index contributed by atoms with van der Waals surface area (Å²) in [4.78, 5) is 4.22. The van der Waals surface area contributed by atoms with Crippen molar-refractivity contribution in [1.29, 1.82) is 0 Å². The maximum atomic E-state index is 12.7. The number of rotatable bonds is 7. The van der Waals surface area contributed by atoms with E-state index >= 15 is 0 Å². The Hall–Kier alpha value is -1.76. The first-order valence-corrected chi connectivity index (χ1v) is 11.1. The summed E-state index contributed by atoms with van der Waals surface area (Å²) in [5, 5.41) is 6.52. The van der Waals surface area contributed by atoms with E-state index in [0.717, 1.165) is 24.2 Å². The van der Waals surface area contributed by atoms with Gasteiger partial charge in [-0.3, -0.25) is 9.30 Å². The molecule has 26 heavy (non-hydrogen) atoms. The molecule has 0 spiro atoms. The molecule has 3 rings (SSSR count). The van der Waals surface area contributed by atoms with Crippen molar-refractivity contribution in [2.75, 3.05) is 36.7 Å². The Labute approximate surface area is 157 Å². The number of guanidine groups is 1. The molecule has 0 saturated heterocycles. The number of hydrogen-bond acceptors (Lipinski definition) is 3. The first-order valence-electron chi connectivity index (χ1n) is 9.52. The number of sulfonamides is 1. The van der Waals surface area contributed by atoms with Gasteiger partial charge >= 0.3 is 0 Å². The molecule has 2 aliphatic rings. The lowest BCUT2D eigenvalue weighted by Crippen LogP contribution is -2.47. The second-order valence-corrected chi connectivity index (χ2v) is 9.34.